The highest BCUT2D eigenvalue weighted by Gasteiger charge is 2.22. The van der Waals surface area contributed by atoms with E-state index in [0.717, 1.165) is 18.4 Å². The third kappa shape index (κ3) is 2.61. The Labute approximate surface area is 119 Å². The lowest BCUT2D eigenvalue weighted by molar-refractivity contribution is 0.407. The Balaban J connectivity index is 1.81. The summed E-state index contributed by atoms with van der Waals surface area (Å²) in [7, 11) is 0. The molecule has 0 radical (unpaired) electrons. The number of rotatable bonds is 3. The first kappa shape index (κ1) is 13.3. The zero-order valence-corrected chi connectivity index (χ0v) is 11.8. The number of aryl methyl sites for hydroxylation is 1. The van der Waals surface area contributed by atoms with Crippen LogP contribution in [0.15, 0.2) is 48.5 Å². The van der Waals surface area contributed by atoms with Gasteiger partial charge in [0.25, 0.3) is 0 Å². The van der Waals surface area contributed by atoms with Crippen LogP contribution < -0.4 is 5.32 Å². The van der Waals surface area contributed by atoms with E-state index in [-0.39, 0.29) is 11.9 Å². The van der Waals surface area contributed by atoms with Crippen molar-refractivity contribution in [3.8, 4) is 0 Å². The van der Waals surface area contributed by atoms with Crippen molar-refractivity contribution in [1.29, 1.82) is 0 Å². The molecular formula is C18H20FN. The van der Waals surface area contributed by atoms with Gasteiger partial charge in [0, 0.05) is 17.6 Å². The molecule has 0 bridgehead atoms. The van der Waals surface area contributed by atoms with Crippen LogP contribution in [0, 0.1) is 5.82 Å². The lowest BCUT2D eigenvalue weighted by Crippen LogP contribution is -2.28. The number of hydrogen-bond acceptors (Lipinski definition) is 1. The maximum atomic E-state index is 13.9. The smallest absolute Gasteiger partial charge is 0.127 e. The van der Waals surface area contributed by atoms with Gasteiger partial charge in [-0.1, -0.05) is 42.5 Å². The van der Waals surface area contributed by atoms with Crippen LogP contribution in [0.5, 0.6) is 0 Å². The van der Waals surface area contributed by atoms with Gasteiger partial charge in [-0.2, -0.15) is 0 Å². The largest absolute Gasteiger partial charge is 0.303 e. The minimum atomic E-state index is -0.128. The molecule has 1 unspecified atom stereocenters. The topological polar surface area (TPSA) is 12.0 Å². The van der Waals surface area contributed by atoms with Crippen molar-refractivity contribution in [1.82, 2.24) is 5.32 Å². The zero-order valence-electron chi connectivity index (χ0n) is 11.8. The third-order valence-corrected chi connectivity index (χ3v) is 4.19. The first-order valence-corrected chi connectivity index (χ1v) is 7.34. The number of hydrogen-bond donors (Lipinski definition) is 1. The molecule has 20 heavy (non-hydrogen) atoms. The van der Waals surface area contributed by atoms with Gasteiger partial charge in [-0.25, -0.2) is 4.39 Å². The van der Waals surface area contributed by atoms with Gasteiger partial charge in [-0.15, -0.1) is 0 Å². The molecule has 2 atom stereocenters. The monoisotopic (exact) mass is 269 g/mol. The highest BCUT2D eigenvalue weighted by atomic mass is 19.1. The lowest BCUT2D eigenvalue weighted by atomic mass is 9.87. The molecule has 2 aromatic carbocycles. The van der Waals surface area contributed by atoms with E-state index in [1.807, 2.05) is 19.1 Å². The van der Waals surface area contributed by atoms with E-state index >= 15 is 0 Å². The third-order valence-electron chi connectivity index (χ3n) is 4.19. The maximum Gasteiger partial charge on any atom is 0.127 e. The summed E-state index contributed by atoms with van der Waals surface area (Å²) in [5, 5.41) is 3.59. The van der Waals surface area contributed by atoms with Crippen LogP contribution in [0.3, 0.4) is 0 Å². The molecule has 0 saturated heterocycles. The SMILES string of the molecule is C[C@@H](NC1CCCc2ccccc21)c1ccccc1F. The molecule has 1 aliphatic rings. The molecule has 2 heteroatoms. The second kappa shape index (κ2) is 5.76. The molecule has 0 spiro atoms. The van der Waals surface area contributed by atoms with E-state index in [2.05, 4.69) is 29.6 Å². The maximum absolute atomic E-state index is 13.9. The standard InChI is InChI=1S/C18H20FN/c1-13(15-9-4-5-11-17(15)19)20-18-12-6-8-14-7-2-3-10-16(14)18/h2-5,7,9-11,13,18,20H,6,8,12H2,1H3/t13-,18?/m1/s1. The minimum absolute atomic E-state index is 0.0207. The highest BCUT2D eigenvalue weighted by Crippen LogP contribution is 2.31. The van der Waals surface area contributed by atoms with Crippen LogP contribution in [0.4, 0.5) is 4.39 Å². The molecule has 1 aliphatic carbocycles. The molecule has 2 aromatic rings. The molecule has 0 amide bonds. The van der Waals surface area contributed by atoms with E-state index in [9.17, 15) is 4.39 Å². The fourth-order valence-electron chi connectivity index (χ4n) is 3.14. The van der Waals surface area contributed by atoms with Crippen LogP contribution in [0.25, 0.3) is 0 Å². The van der Waals surface area contributed by atoms with Gasteiger partial charge in [0.1, 0.15) is 5.82 Å². The minimum Gasteiger partial charge on any atom is -0.303 e. The Bertz CT molecular complexity index is 593. The quantitative estimate of drug-likeness (QED) is 0.861. The fraction of sp³-hybridized carbons (Fsp3) is 0.333. The lowest BCUT2D eigenvalue weighted by Gasteiger charge is -2.29. The van der Waals surface area contributed by atoms with Crippen LogP contribution in [0.2, 0.25) is 0 Å². The van der Waals surface area contributed by atoms with Gasteiger partial charge in [-0.05, 0) is 43.4 Å². The van der Waals surface area contributed by atoms with Gasteiger partial charge in [0.05, 0.1) is 0 Å². The molecule has 3 rings (SSSR count). The summed E-state index contributed by atoms with van der Waals surface area (Å²) >= 11 is 0. The molecule has 104 valence electrons. The van der Waals surface area contributed by atoms with Gasteiger partial charge in [-0.3, -0.25) is 0 Å². The van der Waals surface area contributed by atoms with E-state index in [4.69, 9.17) is 0 Å². The van der Waals surface area contributed by atoms with Crippen molar-refractivity contribution in [3.05, 3.63) is 71.0 Å². The summed E-state index contributed by atoms with van der Waals surface area (Å²) < 4.78 is 13.9. The molecule has 1 N–H and O–H groups in total. The molecule has 0 fully saturated rings. The van der Waals surface area contributed by atoms with Gasteiger partial charge >= 0.3 is 0 Å². The molecule has 0 saturated carbocycles. The summed E-state index contributed by atoms with van der Waals surface area (Å²) in [6, 6.07) is 16.0. The van der Waals surface area contributed by atoms with Crippen molar-refractivity contribution in [2.45, 2.75) is 38.3 Å². The van der Waals surface area contributed by atoms with Crippen LogP contribution in [-0.2, 0) is 6.42 Å². The average molecular weight is 269 g/mol. The van der Waals surface area contributed by atoms with Gasteiger partial charge in [0.2, 0.25) is 0 Å². The molecule has 0 aliphatic heterocycles. The predicted molar refractivity (Wildman–Crippen MR) is 80.1 cm³/mol. The highest BCUT2D eigenvalue weighted by molar-refractivity contribution is 5.32. The number of fused-ring (bicyclic) bond motifs is 1. The Morgan fingerprint density at radius 3 is 2.70 bits per heavy atom. The van der Waals surface area contributed by atoms with Gasteiger partial charge < -0.3 is 5.32 Å². The summed E-state index contributed by atoms with van der Waals surface area (Å²) in [5.41, 5.74) is 3.55. The normalized spacial score (nSPS) is 19.4. The first-order valence-electron chi connectivity index (χ1n) is 7.34. The Hall–Kier alpha value is -1.67. The first-order chi connectivity index (χ1) is 9.75. The summed E-state index contributed by atoms with van der Waals surface area (Å²) in [5.74, 6) is -0.128. The van der Waals surface area contributed by atoms with Crippen molar-refractivity contribution in [3.63, 3.8) is 0 Å². The Kier molecular flexibility index (Phi) is 3.83. The molecule has 0 aromatic heterocycles. The van der Waals surface area contributed by atoms with Crippen molar-refractivity contribution in [2.24, 2.45) is 0 Å². The van der Waals surface area contributed by atoms with E-state index in [1.165, 1.54) is 23.6 Å². The predicted octanol–water partition coefficient (Wildman–Crippen LogP) is 4.55. The van der Waals surface area contributed by atoms with Crippen molar-refractivity contribution < 1.29 is 4.39 Å². The van der Waals surface area contributed by atoms with Crippen molar-refractivity contribution in [2.75, 3.05) is 0 Å². The number of benzene rings is 2. The van der Waals surface area contributed by atoms with E-state index in [1.54, 1.807) is 6.07 Å². The van der Waals surface area contributed by atoms with E-state index in [0.29, 0.717) is 6.04 Å². The Morgan fingerprint density at radius 2 is 1.85 bits per heavy atom. The van der Waals surface area contributed by atoms with Crippen molar-refractivity contribution >= 4 is 0 Å². The number of nitrogens with one attached hydrogen (secondary N) is 1. The second-order valence-electron chi connectivity index (χ2n) is 5.55. The second-order valence-corrected chi connectivity index (χ2v) is 5.55. The van der Waals surface area contributed by atoms with Gasteiger partial charge in [0.15, 0.2) is 0 Å². The summed E-state index contributed by atoms with van der Waals surface area (Å²) in [6.07, 6.45) is 3.47. The molecular weight excluding hydrogens is 249 g/mol. The summed E-state index contributed by atoms with van der Waals surface area (Å²) in [4.78, 5) is 0. The number of halogens is 1. The van der Waals surface area contributed by atoms with Crippen LogP contribution in [0.1, 0.15) is 48.5 Å². The molecule has 0 heterocycles. The van der Waals surface area contributed by atoms with E-state index < -0.39 is 0 Å². The van der Waals surface area contributed by atoms with Crippen LogP contribution >= 0.6 is 0 Å². The Morgan fingerprint density at radius 1 is 1.10 bits per heavy atom. The fourth-order valence-corrected chi connectivity index (χ4v) is 3.14. The summed E-state index contributed by atoms with van der Waals surface area (Å²) in [6.45, 7) is 2.04. The molecule has 1 nitrogen and oxygen atoms in total. The zero-order chi connectivity index (χ0) is 13.9. The average Bonchev–Trinajstić information content (AvgIpc) is 2.48. The van der Waals surface area contributed by atoms with Crippen LogP contribution in [-0.4, -0.2) is 0 Å².